The number of nitrogens with zero attached hydrogens (tertiary/aromatic N) is 3. The standard InChI is InChI=1S/C21H25Cl2N5O/c22-18-8-7-16(13-19(18)23)15-28-26-20(14-25-10-4-9-24-11-12-29)21(27-28)17-5-2-1-3-6-17/h1-3,5-8,13,24-25,29H,4,9-12,14-15H2. The molecule has 0 saturated carbocycles. The number of hydrogen-bond acceptors (Lipinski definition) is 5. The molecule has 3 N–H and O–H groups in total. The Balaban J connectivity index is 1.69. The molecule has 1 aromatic heterocycles. The molecule has 0 radical (unpaired) electrons. The average molecular weight is 434 g/mol. The van der Waals surface area contributed by atoms with E-state index in [1.54, 1.807) is 10.9 Å². The molecule has 0 fully saturated rings. The maximum absolute atomic E-state index is 8.78. The molecular weight excluding hydrogens is 409 g/mol. The van der Waals surface area contributed by atoms with Gasteiger partial charge in [0.05, 0.1) is 23.2 Å². The van der Waals surface area contributed by atoms with Crippen molar-refractivity contribution >= 4 is 23.2 Å². The minimum absolute atomic E-state index is 0.163. The van der Waals surface area contributed by atoms with E-state index in [2.05, 4.69) is 10.6 Å². The van der Waals surface area contributed by atoms with Crippen molar-refractivity contribution in [3.63, 3.8) is 0 Å². The van der Waals surface area contributed by atoms with Crippen molar-refractivity contribution in [2.24, 2.45) is 0 Å². The third-order valence-electron chi connectivity index (χ3n) is 4.37. The molecule has 29 heavy (non-hydrogen) atoms. The first kappa shape index (κ1) is 21.7. The van der Waals surface area contributed by atoms with Gasteiger partial charge in [-0.3, -0.25) is 0 Å². The molecule has 3 rings (SSSR count). The van der Waals surface area contributed by atoms with Crippen LogP contribution in [0.1, 0.15) is 17.7 Å². The quantitative estimate of drug-likeness (QED) is 0.404. The predicted molar refractivity (Wildman–Crippen MR) is 117 cm³/mol. The third kappa shape index (κ3) is 6.52. The second-order valence-corrected chi connectivity index (χ2v) is 7.46. The van der Waals surface area contributed by atoms with Crippen LogP contribution in [0.15, 0.2) is 48.5 Å². The van der Waals surface area contributed by atoms with Crippen molar-refractivity contribution in [1.82, 2.24) is 25.6 Å². The summed E-state index contributed by atoms with van der Waals surface area (Å²) in [5, 5.41) is 25.9. The Hall–Kier alpha value is -1.96. The molecule has 2 aromatic carbocycles. The Kier molecular flexibility index (Phi) is 8.46. The number of nitrogens with one attached hydrogen (secondary N) is 2. The minimum Gasteiger partial charge on any atom is -0.395 e. The smallest absolute Gasteiger partial charge is 0.117 e. The van der Waals surface area contributed by atoms with Gasteiger partial charge in [-0.2, -0.15) is 15.0 Å². The molecule has 0 aliphatic rings. The van der Waals surface area contributed by atoms with Gasteiger partial charge in [-0.1, -0.05) is 59.6 Å². The molecule has 0 amide bonds. The zero-order valence-electron chi connectivity index (χ0n) is 16.1. The van der Waals surface area contributed by atoms with Crippen LogP contribution in [0.25, 0.3) is 11.3 Å². The second-order valence-electron chi connectivity index (χ2n) is 6.64. The summed E-state index contributed by atoms with van der Waals surface area (Å²) in [7, 11) is 0. The van der Waals surface area contributed by atoms with Gasteiger partial charge in [0.1, 0.15) is 11.4 Å². The number of aromatic nitrogens is 3. The number of benzene rings is 2. The summed E-state index contributed by atoms with van der Waals surface area (Å²) in [6, 6.07) is 15.6. The van der Waals surface area contributed by atoms with E-state index in [-0.39, 0.29) is 6.61 Å². The van der Waals surface area contributed by atoms with Crippen LogP contribution in [0.5, 0.6) is 0 Å². The summed E-state index contributed by atoms with van der Waals surface area (Å²) in [5.74, 6) is 0. The van der Waals surface area contributed by atoms with E-state index in [0.717, 1.165) is 42.0 Å². The molecule has 0 aliphatic heterocycles. The van der Waals surface area contributed by atoms with Gasteiger partial charge in [-0.25, -0.2) is 0 Å². The number of hydrogen-bond donors (Lipinski definition) is 3. The lowest BCUT2D eigenvalue weighted by molar-refractivity contribution is 0.292. The molecule has 0 unspecified atom stereocenters. The van der Waals surface area contributed by atoms with E-state index >= 15 is 0 Å². The van der Waals surface area contributed by atoms with Gasteiger partial charge in [0.25, 0.3) is 0 Å². The Morgan fingerprint density at radius 2 is 1.69 bits per heavy atom. The van der Waals surface area contributed by atoms with E-state index in [1.165, 1.54) is 0 Å². The van der Waals surface area contributed by atoms with Crippen LogP contribution in [-0.2, 0) is 13.1 Å². The molecule has 0 spiro atoms. The van der Waals surface area contributed by atoms with Gasteiger partial charge in [-0.05, 0) is 37.2 Å². The fraction of sp³-hybridized carbons (Fsp3) is 0.333. The maximum atomic E-state index is 8.78. The van der Waals surface area contributed by atoms with E-state index in [9.17, 15) is 0 Å². The van der Waals surface area contributed by atoms with Gasteiger partial charge in [0, 0.05) is 18.7 Å². The monoisotopic (exact) mass is 433 g/mol. The van der Waals surface area contributed by atoms with Gasteiger partial charge in [-0.15, -0.1) is 0 Å². The number of aliphatic hydroxyl groups is 1. The molecule has 154 valence electrons. The maximum Gasteiger partial charge on any atom is 0.117 e. The van der Waals surface area contributed by atoms with Gasteiger partial charge in [0.15, 0.2) is 0 Å². The van der Waals surface area contributed by atoms with Crippen molar-refractivity contribution in [1.29, 1.82) is 0 Å². The third-order valence-corrected chi connectivity index (χ3v) is 5.11. The lowest BCUT2D eigenvalue weighted by Crippen LogP contribution is -2.24. The SMILES string of the molecule is OCCNCCCNCc1nn(Cc2ccc(Cl)c(Cl)c2)nc1-c1ccccc1. The van der Waals surface area contributed by atoms with Crippen LogP contribution >= 0.6 is 23.2 Å². The van der Waals surface area contributed by atoms with Crippen LogP contribution in [-0.4, -0.2) is 46.3 Å². The highest BCUT2D eigenvalue weighted by molar-refractivity contribution is 6.42. The molecule has 1 heterocycles. The van der Waals surface area contributed by atoms with E-state index in [4.69, 9.17) is 38.5 Å². The first-order valence-corrected chi connectivity index (χ1v) is 10.4. The van der Waals surface area contributed by atoms with Crippen LogP contribution in [0.2, 0.25) is 10.0 Å². The lowest BCUT2D eigenvalue weighted by Gasteiger charge is -2.05. The van der Waals surface area contributed by atoms with Crippen LogP contribution in [0, 0.1) is 0 Å². The highest BCUT2D eigenvalue weighted by Gasteiger charge is 2.13. The Bertz CT molecular complexity index is 901. The normalized spacial score (nSPS) is 11.1. The molecule has 3 aromatic rings. The van der Waals surface area contributed by atoms with E-state index in [0.29, 0.717) is 29.7 Å². The predicted octanol–water partition coefficient (Wildman–Crippen LogP) is 3.36. The first-order chi connectivity index (χ1) is 14.2. The topological polar surface area (TPSA) is 75.0 Å². The largest absolute Gasteiger partial charge is 0.395 e. The summed E-state index contributed by atoms with van der Waals surface area (Å²) < 4.78 is 0. The van der Waals surface area contributed by atoms with Crippen molar-refractivity contribution in [3.05, 3.63) is 69.8 Å². The van der Waals surface area contributed by atoms with Gasteiger partial charge < -0.3 is 15.7 Å². The zero-order chi connectivity index (χ0) is 20.5. The van der Waals surface area contributed by atoms with Gasteiger partial charge in [0.2, 0.25) is 0 Å². The Labute approximate surface area is 180 Å². The summed E-state index contributed by atoms with van der Waals surface area (Å²) in [4.78, 5) is 1.70. The Morgan fingerprint density at radius 3 is 2.45 bits per heavy atom. The molecule has 8 heteroatoms. The summed E-state index contributed by atoms with van der Waals surface area (Å²) in [5.41, 5.74) is 3.80. The zero-order valence-corrected chi connectivity index (χ0v) is 17.6. The van der Waals surface area contributed by atoms with E-state index < -0.39 is 0 Å². The van der Waals surface area contributed by atoms with Crippen molar-refractivity contribution in [3.8, 4) is 11.3 Å². The molecule has 0 aliphatic carbocycles. The highest BCUT2D eigenvalue weighted by Crippen LogP contribution is 2.24. The number of aliphatic hydroxyl groups excluding tert-OH is 1. The summed E-state index contributed by atoms with van der Waals surface area (Å²) in [6.07, 6.45) is 0.970. The van der Waals surface area contributed by atoms with Crippen LogP contribution < -0.4 is 10.6 Å². The van der Waals surface area contributed by atoms with Gasteiger partial charge >= 0.3 is 0 Å². The number of rotatable bonds is 11. The number of halogens is 2. The van der Waals surface area contributed by atoms with Crippen molar-refractivity contribution in [2.45, 2.75) is 19.5 Å². The fourth-order valence-corrected chi connectivity index (χ4v) is 3.26. The first-order valence-electron chi connectivity index (χ1n) is 9.63. The molecule has 0 saturated heterocycles. The van der Waals surface area contributed by atoms with Crippen LogP contribution in [0.4, 0.5) is 0 Å². The molecule has 6 nitrogen and oxygen atoms in total. The molecule has 0 atom stereocenters. The highest BCUT2D eigenvalue weighted by atomic mass is 35.5. The summed E-state index contributed by atoms with van der Waals surface area (Å²) >= 11 is 12.1. The van der Waals surface area contributed by atoms with E-state index in [1.807, 2.05) is 42.5 Å². The lowest BCUT2D eigenvalue weighted by atomic mass is 10.1. The van der Waals surface area contributed by atoms with Crippen LogP contribution in [0.3, 0.4) is 0 Å². The molecular formula is C21H25Cl2N5O. The molecule has 0 bridgehead atoms. The summed E-state index contributed by atoms with van der Waals surface area (Å²) in [6.45, 7) is 3.65. The fourth-order valence-electron chi connectivity index (χ4n) is 2.94. The second kappa shape index (κ2) is 11.3. The Morgan fingerprint density at radius 1 is 0.897 bits per heavy atom. The minimum atomic E-state index is 0.163. The van der Waals surface area contributed by atoms with Crippen molar-refractivity contribution in [2.75, 3.05) is 26.2 Å². The van der Waals surface area contributed by atoms with Crippen molar-refractivity contribution < 1.29 is 5.11 Å². The average Bonchev–Trinajstić information content (AvgIpc) is 3.13.